The Morgan fingerprint density at radius 2 is 1.97 bits per heavy atom. The van der Waals surface area contributed by atoms with Gasteiger partial charge in [0.05, 0.1) is 11.4 Å². The van der Waals surface area contributed by atoms with Crippen LogP contribution in [0.3, 0.4) is 0 Å². The van der Waals surface area contributed by atoms with Crippen LogP contribution >= 0.6 is 11.8 Å². The topological polar surface area (TPSA) is 118 Å². The van der Waals surface area contributed by atoms with Gasteiger partial charge in [-0.3, -0.25) is 19.5 Å². The van der Waals surface area contributed by atoms with Gasteiger partial charge < -0.3 is 10.6 Å². The number of carbonyl (C=O) groups is 3. The lowest BCUT2D eigenvalue weighted by Gasteiger charge is -2.23. The number of hydrogen-bond donors (Lipinski definition) is 3. The average molecular weight is 471 g/mol. The molecular formula is C23H30N6O3S. The molecule has 2 aromatic rings. The molecule has 2 fully saturated rings. The fourth-order valence-electron chi connectivity index (χ4n) is 4.39. The quantitative estimate of drug-likeness (QED) is 0.536. The molecule has 33 heavy (non-hydrogen) atoms. The molecule has 1 saturated heterocycles. The molecule has 0 radical (unpaired) electrons. The molecule has 1 unspecified atom stereocenters. The van der Waals surface area contributed by atoms with Crippen molar-refractivity contribution in [3.63, 3.8) is 0 Å². The van der Waals surface area contributed by atoms with E-state index >= 15 is 0 Å². The summed E-state index contributed by atoms with van der Waals surface area (Å²) in [6, 6.07) is 5.53. The van der Waals surface area contributed by atoms with Crippen molar-refractivity contribution >= 4 is 29.6 Å². The number of rotatable bonds is 7. The van der Waals surface area contributed by atoms with E-state index in [0.29, 0.717) is 17.4 Å². The first-order chi connectivity index (χ1) is 15.9. The van der Waals surface area contributed by atoms with Crippen LogP contribution in [0.1, 0.15) is 55.5 Å². The number of benzene rings is 1. The number of carbonyl (C=O) groups excluding carboxylic acids is 3. The van der Waals surface area contributed by atoms with Gasteiger partial charge in [0.15, 0.2) is 5.16 Å². The highest BCUT2D eigenvalue weighted by Crippen LogP contribution is 2.26. The number of nitrogens with zero attached hydrogens (tertiary/aromatic N) is 3. The lowest BCUT2D eigenvalue weighted by molar-refractivity contribution is -0.121. The van der Waals surface area contributed by atoms with Crippen molar-refractivity contribution < 1.29 is 14.4 Å². The van der Waals surface area contributed by atoms with Crippen molar-refractivity contribution in [2.75, 3.05) is 5.75 Å². The first-order valence-corrected chi connectivity index (χ1v) is 12.4. The highest BCUT2D eigenvalue weighted by atomic mass is 32.2. The van der Waals surface area contributed by atoms with Gasteiger partial charge in [-0.2, -0.15) is 0 Å². The summed E-state index contributed by atoms with van der Waals surface area (Å²) in [5.74, 6) is 0.580. The first kappa shape index (κ1) is 23.3. The smallest absolute Gasteiger partial charge is 0.321 e. The molecule has 3 N–H and O–H groups in total. The molecule has 0 spiro atoms. The fraction of sp³-hybridized carbons (Fsp3) is 0.522. The van der Waals surface area contributed by atoms with Gasteiger partial charge in [-0.1, -0.05) is 43.2 Å². The minimum Gasteiger partial charge on any atom is -0.353 e. The van der Waals surface area contributed by atoms with Crippen molar-refractivity contribution in [2.45, 2.75) is 76.0 Å². The molecule has 1 aromatic carbocycles. The first-order valence-electron chi connectivity index (χ1n) is 11.4. The minimum atomic E-state index is -0.497. The van der Waals surface area contributed by atoms with Crippen molar-refractivity contribution in [3.8, 4) is 5.69 Å². The number of urea groups is 1. The molecule has 2 heterocycles. The van der Waals surface area contributed by atoms with Crippen LogP contribution in [0, 0.1) is 13.8 Å². The van der Waals surface area contributed by atoms with Crippen LogP contribution in [0.2, 0.25) is 0 Å². The minimum absolute atomic E-state index is 0.000166. The highest BCUT2D eigenvalue weighted by molar-refractivity contribution is 7.99. The fourth-order valence-corrected chi connectivity index (χ4v) is 5.17. The molecule has 4 amide bonds. The molecule has 0 bridgehead atoms. The van der Waals surface area contributed by atoms with Crippen molar-refractivity contribution in [2.24, 2.45) is 0 Å². The Bertz CT molecular complexity index is 1030. The number of hydrogen-bond acceptors (Lipinski definition) is 6. The zero-order valence-corrected chi connectivity index (χ0v) is 19.8. The maximum atomic E-state index is 12.6. The Hall–Kier alpha value is -2.88. The second-order valence-electron chi connectivity index (χ2n) is 8.84. The normalized spacial score (nSPS) is 19.2. The van der Waals surface area contributed by atoms with Crippen molar-refractivity contribution in [1.29, 1.82) is 0 Å². The molecule has 4 rings (SSSR count). The van der Waals surface area contributed by atoms with E-state index in [1.54, 1.807) is 0 Å². The Kier molecular flexibility index (Phi) is 7.32. The zero-order chi connectivity index (χ0) is 23.4. The zero-order valence-electron chi connectivity index (χ0n) is 19.0. The second-order valence-corrected chi connectivity index (χ2v) is 9.78. The summed E-state index contributed by atoms with van der Waals surface area (Å²) < 4.78 is 1.94. The highest BCUT2D eigenvalue weighted by Gasteiger charge is 2.27. The Morgan fingerprint density at radius 3 is 2.73 bits per heavy atom. The third-order valence-corrected chi connectivity index (χ3v) is 6.99. The Morgan fingerprint density at radius 1 is 1.18 bits per heavy atom. The van der Waals surface area contributed by atoms with E-state index in [9.17, 15) is 14.4 Å². The van der Waals surface area contributed by atoms with Gasteiger partial charge in [0, 0.05) is 24.9 Å². The van der Waals surface area contributed by atoms with Gasteiger partial charge >= 0.3 is 6.03 Å². The van der Waals surface area contributed by atoms with Gasteiger partial charge in [-0.25, -0.2) is 4.79 Å². The van der Waals surface area contributed by atoms with E-state index in [-0.39, 0.29) is 36.1 Å². The molecular weight excluding hydrogens is 440 g/mol. The van der Waals surface area contributed by atoms with Crippen molar-refractivity contribution in [1.82, 2.24) is 30.7 Å². The monoisotopic (exact) mass is 470 g/mol. The van der Waals surface area contributed by atoms with E-state index in [4.69, 9.17) is 0 Å². The van der Waals surface area contributed by atoms with E-state index in [1.165, 1.54) is 18.2 Å². The predicted octanol–water partition coefficient (Wildman–Crippen LogP) is 2.57. The largest absolute Gasteiger partial charge is 0.353 e. The van der Waals surface area contributed by atoms with Gasteiger partial charge in [0.25, 0.3) is 0 Å². The molecule has 9 nitrogen and oxygen atoms in total. The van der Waals surface area contributed by atoms with Gasteiger partial charge in [0.1, 0.15) is 5.82 Å². The molecule has 1 aliphatic heterocycles. The molecule has 1 aromatic heterocycles. The third kappa shape index (κ3) is 5.93. The van der Waals surface area contributed by atoms with Crippen LogP contribution in [-0.2, 0) is 16.0 Å². The Labute approximate surface area is 197 Å². The van der Waals surface area contributed by atoms with Crippen LogP contribution in [0.15, 0.2) is 23.4 Å². The van der Waals surface area contributed by atoms with Crippen LogP contribution in [0.25, 0.3) is 5.69 Å². The molecule has 1 aliphatic carbocycles. The number of aromatic nitrogens is 3. The summed E-state index contributed by atoms with van der Waals surface area (Å²) in [4.78, 5) is 36.1. The van der Waals surface area contributed by atoms with E-state index in [1.807, 2.05) is 30.5 Å². The number of imide groups is 1. The summed E-state index contributed by atoms with van der Waals surface area (Å²) in [5, 5.41) is 17.5. The van der Waals surface area contributed by atoms with Gasteiger partial charge in [0.2, 0.25) is 11.8 Å². The van der Waals surface area contributed by atoms with E-state index in [0.717, 1.165) is 42.5 Å². The number of aryl methyl sites for hydroxylation is 2. The van der Waals surface area contributed by atoms with Crippen LogP contribution in [0.5, 0.6) is 0 Å². The average Bonchev–Trinajstić information content (AvgIpc) is 3.16. The molecule has 176 valence electrons. The maximum Gasteiger partial charge on any atom is 0.321 e. The van der Waals surface area contributed by atoms with Crippen LogP contribution in [-0.4, -0.2) is 50.4 Å². The predicted molar refractivity (Wildman–Crippen MR) is 125 cm³/mol. The summed E-state index contributed by atoms with van der Waals surface area (Å²) in [6.07, 6.45) is 6.19. The Balaban J connectivity index is 1.54. The summed E-state index contributed by atoms with van der Waals surface area (Å²) in [6.45, 7) is 4.03. The van der Waals surface area contributed by atoms with E-state index < -0.39 is 6.03 Å². The van der Waals surface area contributed by atoms with Gasteiger partial charge in [-0.15, -0.1) is 10.2 Å². The maximum absolute atomic E-state index is 12.6. The molecule has 1 saturated carbocycles. The molecule has 2 aliphatic rings. The van der Waals surface area contributed by atoms with Crippen LogP contribution in [0.4, 0.5) is 4.79 Å². The van der Waals surface area contributed by atoms with E-state index in [2.05, 4.69) is 32.2 Å². The lowest BCUT2D eigenvalue weighted by atomic mass is 9.95. The third-order valence-electron chi connectivity index (χ3n) is 6.06. The van der Waals surface area contributed by atoms with Crippen molar-refractivity contribution in [3.05, 3.63) is 35.2 Å². The second kappa shape index (κ2) is 10.4. The van der Waals surface area contributed by atoms with Crippen LogP contribution < -0.4 is 16.0 Å². The number of amides is 4. The standard InChI is InChI=1S/C23H30N6O3S/c1-14-8-9-15(2)18(10-14)29-19(11-17-12-20(30)26-22(32)25-17)27-28-23(29)33-13-21(31)24-16-6-4-3-5-7-16/h8-10,16-17H,3-7,11-13H2,1-2H3,(H,24,31)(H2,25,26,30,32). The number of nitrogens with one attached hydrogen (secondary N) is 3. The summed E-state index contributed by atoms with van der Waals surface area (Å²) in [7, 11) is 0. The number of thioether (sulfide) groups is 1. The molecule has 10 heteroatoms. The molecule has 1 atom stereocenters. The summed E-state index contributed by atoms with van der Waals surface area (Å²) >= 11 is 1.35. The van der Waals surface area contributed by atoms with Gasteiger partial charge in [-0.05, 0) is 43.9 Å². The summed E-state index contributed by atoms with van der Waals surface area (Å²) in [5.41, 5.74) is 3.06. The SMILES string of the molecule is Cc1ccc(C)c(-n2c(CC3CC(=O)NC(=O)N3)nnc2SCC(=O)NC2CCCCC2)c1. The lowest BCUT2D eigenvalue weighted by Crippen LogP contribution is -2.53.